The molecule has 1 fully saturated rings. The lowest BCUT2D eigenvalue weighted by molar-refractivity contribution is -0.171. The van der Waals surface area contributed by atoms with Gasteiger partial charge in [0.15, 0.2) is 0 Å². The van der Waals surface area contributed by atoms with Gasteiger partial charge < -0.3 is 9.47 Å². The summed E-state index contributed by atoms with van der Waals surface area (Å²) in [7, 11) is 0. The molecule has 0 saturated carbocycles. The van der Waals surface area contributed by atoms with Gasteiger partial charge in [0.05, 0.1) is 18.4 Å². The second-order valence-corrected chi connectivity index (χ2v) is 5.83. The fourth-order valence-electron chi connectivity index (χ4n) is 1.43. The van der Waals surface area contributed by atoms with E-state index < -0.39 is 11.0 Å². The molecule has 0 aromatic carbocycles. The van der Waals surface area contributed by atoms with E-state index >= 15 is 0 Å². The van der Waals surface area contributed by atoms with Crippen LogP contribution >= 0.6 is 0 Å². The maximum atomic E-state index is 11.8. The third kappa shape index (κ3) is 2.97. The number of carbonyl (C=O) groups is 2. The minimum atomic E-state index is -0.656. The molecule has 4 nitrogen and oxygen atoms in total. The molecule has 0 spiro atoms. The summed E-state index contributed by atoms with van der Waals surface area (Å²) in [6.45, 7) is 9.40. The minimum absolute atomic E-state index is 0.0497. The van der Waals surface area contributed by atoms with Crippen molar-refractivity contribution in [1.29, 1.82) is 0 Å². The summed E-state index contributed by atoms with van der Waals surface area (Å²) in [5.74, 6) is -0.520. The van der Waals surface area contributed by atoms with E-state index in [0.29, 0.717) is 13.0 Å². The van der Waals surface area contributed by atoms with Gasteiger partial charge in [-0.1, -0.05) is 0 Å². The highest BCUT2D eigenvalue weighted by atomic mass is 16.6. The smallest absolute Gasteiger partial charge is 0.311 e. The molecule has 0 aliphatic carbocycles. The predicted octanol–water partition coefficient (Wildman–Crippen LogP) is 1.92. The Hall–Kier alpha value is -1.06. The molecule has 1 atom stereocenters. The Kier molecular flexibility index (Phi) is 3.31. The van der Waals surface area contributed by atoms with Gasteiger partial charge in [0.1, 0.15) is 5.60 Å². The fraction of sp³-hybridized carbons (Fsp3) is 0.833. The first-order valence-corrected chi connectivity index (χ1v) is 5.52. The molecule has 1 aliphatic rings. The second kappa shape index (κ2) is 4.07. The van der Waals surface area contributed by atoms with E-state index in [1.807, 2.05) is 34.6 Å². The van der Waals surface area contributed by atoms with Crippen molar-refractivity contribution < 1.29 is 19.1 Å². The van der Waals surface area contributed by atoms with Crippen LogP contribution in [0.5, 0.6) is 0 Å². The largest absolute Gasteiger partial charge is 0.465 e. The second-order valence-electron chi connectivity index (χ2n) is 5.83. The van der Waals surface area contributed by atoms with Gasteiger partial charge in [-0.25, -0.2) is 0 Å². The normalized spacial score (nSPS) is 21.8. The van der Waals surface area contributed by atoms with Gasteiger partial charge in [-0.15, -0.1) is 0 Å². The number of hydrogen-bond donors (Lipinski definition) is 0. The van der Waals surface area contributed by atoms with Gasteiger partial charge in [-0.2, -0.15) is 0 Å². The van der Waals surface area contributed by atoms with Crippen LogP contribution in [0.15, 0.2) is 0 Å². The molecule has 1 saturated heterocycles. The first-order chi connectivity index (χ1) is 7.13. The van der Waals surface area contributed by atoms with Crippen LogP contribution < -0.4 is 0 Å². The van der Waals surface area contributed by atoms with Gasteiger partial charge in [0, 0.05) is 5.92 Å². The summed E-state index contributed by atoms with van der Waals surface area (Å²) >= 11 is 0. The summed E-state index contributed by atoms with van der Waals surface area (Å²) < 4.78 is 10.4. The maximum absolute atomic E-state index is 11.8. The number of ether oxygens (including phenoxy) is 2. The highest BCUT2D eigenvalue weighted by Gasteiger charge is 2.41. The molecule has 1 unspecified atom stereocenters. The summed E-state index contributed by atoms with van der Waals surface area (Å²) in [4.78, 5) is 22.8. The van der Waals surface area contributed by atoms with Gasteiger partial charge in [0.25, 0.3) is 0 Å². The molecule has 0 bridgehead atoms. The summed E-state index contributed by atoms with van der Waals surface area (Å²) in [6.07, 6.45) is 0.324. The van der Waals surface area contributed by atoms with Gasteiger partial charge in [0.2, 0.25) is 0 Å². The van der Waals surface area contributed by atoms with Crippen molar-refractivity contribution in [3.8, 4) is 0 Å². The van der Waals surface area contributed by atoms with Crippen LogP contribution in [0.25, 0.3) is 0 Å². The number of carbonyl (C=O) groups excluding carboxylic acids is 2. The predicted molar refractivity (Wildman–Crippen MR) is 58.7 cm³/mol. The van der Waals surface area contributed by atoms with Gasteiger partial charge >= 0.3 is 11.9 Å². The molecular weight excluding hydrogens is 208 g/mol. The highest BCUT2D eigenvalue weighted by molar-refractivity contribution is 5.76. The zero-order valence-electron chi connectivity index (χ0n) is 10.6. The molecule has 0 aromatic rings. The molecule has 0 amide bonds. The molecule has 16 heavy (non-hydrogen) atoms. The maximum Gasteiger partial charge on any atom is 0.311 e. The average Bonchev–Trinajstić information content (AvgIpc) is 2.49. The number of rotatable bonds is 2. The van der Waals surface area contributed by atoms with Crippen LogP contribution in [0.3, 0.4) is 0 Å². The average molecular weight is 228 g/mol. The zero-order valence-corrected chi connectivity index (χ0v) is 10.6. The van der Waals surface area contributed by atoms with E-state index in [0.717, 1.165) is 0 Å². The number of cyclic esters (lactones) is 1. The third-order valence-electron chi connectivity index (χ3n) is 2.81. The van der Waals surface area contributed by atoms with Crippen LogP contribution in [0.4, 0.5) is 0 Å². The standard InChI is InChI=1S/C12H20O4/c1-11(2,3)10(14)16-12(4,5)8-6-9(13)15-7-8/h8H,6-7H2,1-5H3. The minimum Gasteiger partial charge on any atom is -0.465 e. The van der Waals surface area contributed by atoms with Crippen molar-refractivity contribution in [1.82, 2.24) is 0 Å². The Bertz CT molecular complexity index is 299. The fourth-order valence-corrected chi connectivity index (χ4v) is 1.43. The van der Waals surface area contributed by atoms with Crippen LogP contribution in [-0.2, 0) is 19.1 Å². The molecular formula is C12H20O4. The van der Waals surface area contributed by atoms with E-state index in [2.05, 4.69) is 0 Å². The lowest BCUT2D eigenvalue weighted by Gasteiger charge is -2.32. The van der Waals surface area contributed by atoms with Gasteiger partial charge in [-0.3, -0.25) is 9.59 Å². The lowest BCUT2D eigenvalue weighted by Crippen LogP contribution is -2.40. The quantitative estimate of drug-likeness (QED) is 0.677. The Morgan fingerprint density at radius 2 is 1.88 bits per heavy atom. The van der Waals surface area contributed by atoms with Crippen molar-refractivity contribution in [2.24, 2.45) is 11.3 Å². The summed E-state index contributed by atoms with van der Waals surface area (Å²) in [6, 6.07) is 0. The third-order valence-corrected chi connectivity index (χ3v) is 2.81. The lowest BCUT2D eigenvalue weighted by atomic mass is 9.89. The molecule has 1 heterocycles. The molecule has 0 radical (unpaired) electrons. The zero-order chi connectivity index (χ0) is 12.6. The van der Waals surface area contributed by atoms with Crippen molar-refractivity contribution in [2.75, 3.05) is 6.61 Å². The number of esters is 2. The first kappa shape index (κ1) is 13.0. The Morgan fingerprint density at radius 1 is 1.31 bits per heavy atom. The SMILES string of the molecule is CC(C)(C)C(=O)OC(C)(C)C1COC(=O)C1. The first-order valence-electron chi connectivity index (χ1n) is 5.52. The molecule has 0 N–H and O–H groups in total. The van der Waals surface area contributed by atoms with Crippen molar-refractivity contribution in [3.05, 3.63) is 0 Å². The Balaban J connectivity index is 2.65. The topological polar surface area (TPSA) is 52.6 Å². The van der Waals surface area contributed by atoms with E-state index in [9.17, 15) is 9.59 Å². The van der Waals surface area contributed by atoms with Crippen molar-refractivity contribution >= 4 is 11.9 Å². The molecule has 4 heteroatoms. The van der Waals surface area contributed by atoms with Gasteiger partial charge in [-0.05, 0) is 34.6 Å². The van der Waals surface area contributed by atoms with E-state index in [1.54, 1.807) is 0 Å². The van der Waals surface area contributed by atoms with E-state index in [4.69, 9.17) is 9.47 Å². The van der Waals surface area contributed by atoms with Crippen LogP contribution in [0, 0.1) is 11.3 Å². The Morgan fingerprint density at radius 3 is 2.25 bits per heavy atom. The molecule has 92 valence electrons. The van der Waals surface area contributed by atoms with Crippen LogP contribution in [-0.4, -0.2) is 24.1 Å². The summed E-state index contributed by atoms with van der Waals surface area (Å²) in [5, 5.41) is 0. The molecule has 1 aliphatic heterocycles. The van der Waals surface area contributed by atoms with Crippen LogP contribution in [0.2, 0.25) is 0 Å². The molecule has 0 aromatic heterocycles. The Labute approximate surface area is 96.3 Å². The molecule has 1 rings (SSSR count). The van der Waals surface area contributed by atoms with E-state index in [1.165, 1.54) is 0 Å². The van der Waals surface area contributed by atoms with Crippen LogP contribution in [0.1, 0.15) is 41.0 Å². The van der Waals surface area contributed by atoms with Crippen molar-refractivity contribution in [2.45, 2.75) is 46.6 Å². The number of hydrogen-bond acceptors (Lipinski definition) is 4. The highest BCUT2D eigenvalue weighted by Crippen LogP contribution is 2.31. The monoisotopic (exact) mass is 228 g/mol. The van der Waals surface area contributed by atoms with Crippen molar-refractivity contribution in [3.63, 3.8) is 0 Å². The summed E-state index contributed by atoms with van der Waals surface area (Å²) in [5.41, 5.74) is -1.18. The van der Waals surface area contributed by atoms with E-state index in [-0.39, 0.29) is 17.9 Å².